The van der Waals surface area contributed by atoms with Crippen molar-refractivity contribution in [2.75, 3.05) is 11.1 Å². The summed E-state index contributed by atoms with van der Waals surface area (Å²) >= 11 is 3.34. The molecule has 0 unspecified atom stereocenters. The fraction of sp³-hybridized carbons (Fsp3) is 0.214. The lowest BCUT2D eigenvalue weighted by molar-refractivity contribution is 0.0692. The molecule has 5 nitrogen and oxygen atoms in total. The molecule has 0 bridgehead atoms. The molecule has 21 heavy (non-hydrogen) atoms. The summed E-state index contributed by atoms with van der Waals surface area (Å²) in [4.78, 5) is 29.0. The van der Waals surface area contributed by atoms with Crippen LogP contribution in [0.25, 0.3) is 0 Å². The molecule has 0 saturated heterocycles. The van der Waals surface area contributed by atoms with Gasteiger partial charge in [-0.05, 0) is 35.9 Å². The number of pyridine rings is 1. The molecule has 7 heteroatoms. The van der Waals surface area contributed by atoms with Crippen LogP contribution in [0.15, 0.2) is 24.4 Å². The Morgan fingerprint density at radius 1 is 1.38 bits per heavy atom. The summed E-state index contributed by atoms with van der Waals surface area (Å²) in [5, 5.41) is 11.7. The molecule has 1 aliphatic rings. The van der Waals surface area contributed by atoms with E-state index in [1.165, 1.54) is 34.0 Å². The molecular formula is C14H12N2O3S2. The maximum Gasteiger partial charge on any atom is 0.356 e. The highest BCUT2D eigenvalue weighted by Crippen LogP contribution is 2.32. The van der Waals surface area contributed by atoms with Crippen LogP contribution >= 0.6 is 23.1 Å². The van der Waals surface area contributed by atoms with Gasteiger partial charge in [-0.25, -0.2) is 9.78 Å². The molecule has 1 aliphatic heterocycles. The number of aromatic nitrogens is 1. The summed E-state index contributed by atoms with van der Waals surface area (Å²) in [6.07, 6.45) is 2.38. The summed E-state index contributed by atoms with van der Waals surface area (Å²) in [7, 11) is 0. The van der Waals surface area contributed by atoms with Gasteiger partial charge in [0, 0.05) is 16.8 Å². The van der Waals surface area contributed by atoms with E-state index in [0.717, 1.165) is 17.9 Å². The van der Waals surface area contributed by atoms with Crippen molar-refractivity contribution >= 4 is 40.7 Å². The topological polar surface area (TPSA) is 79.3 Å². The molecular weight excluding hydrogens is 308 g/mol. The molecule has 3 heterocycles. The van der Waals surface area contributed by atoms with E-state index in [0.29, 0.717) is 4.88 Å². The zero-order valence-corrected chi connectivity index (χ0v) is 12.6. The molecule has 0 spiro atoms. The van der Waals surface area contributed by atoms with Gasteiger partial charge in [0.15, 0.2) is 5.69 Å². The number of amides is 1. The summed E-state index contributed by atoms with van der Waals surface area (Å²) < 4.78 is 0. The standard InChI is InChI=1S/C14H12N2O3S2/c17-13(11-6-8-7-20-5-3-10(8)21-11)16-9-2-1-4-15-12(9)14(18)19/h1-2,4,6H,3,5,7H2,(H,16,17)(H,18,19). The largest absolute Gasteiger partial charge is 0.476 e. The zero-order chi connectivity index (χ0) is 14.8. The summed E-state index contributed by atoms with van der Waals surface area (Å²) in [6, 6.07) is 5.04. The molecule has 2 N–H and O–H groups in total. The average Bonchev–Trinajstić information content (AvgIpc) is 2.91. The van der Waals surface area contributed by atoms with E-state index in [-0.39, 0.29) is 17.3 Å². The quantitative estimate of drug-likeness (QED) is 0.909. The monoisotopic (exact) mass is 320 g/mol. The second-order valence-electron chi connectivity index (χ2n) is 4.52. The molecule has 0 saturated carbocycles. The molecule has 0 radical (unpaired) electrons. The fourth-order valence-electron chi connectivity index (χ4n) is 2.12. The summed E-state index contributed by atoms with van der Waals surface area (Å²) in [5.41, 5.74) is 1.28. The SMILES string of the molecule is O=C(Nc1cccnc1C(=O)O)c1cc2c(s1)CCSC2. The molecule has 0 fully saturated rings. The average molecular weight is 320 g/mol. The van der Waals surface area contributed by atoms with E-state index in [9.17, 15) is 9.59 Å². The van der Waals surface area contributed by atoms with Crippen molar-refractivity contribution in [3.8, 4) is 0 Å². The molecule has 1 amide bonds. The van der Waals surface area contributed by atoms with Crippen LogP contribution in [0.5, 0.6) is 0 Å². The molecule has 0 aromatic carbocycles. The minimum Gasteiger partial charge on any atom is -0.476 e. The Balaban J connectivity index is 1.83. The van der Waals surface area contributed by atoms with Crippen molar-refractivity contribution in [1.82, 2.24) is 4.98 Å². The van der Waals surface area contributed by atoms with Crippen LogP contribution in [-0.4, -0.2) is 27.7 Å². The Morgan fingerprint density at radius 3 is 3.00 bits per heavy atom. The van der Waals surface area contributed by atoms with Gasteiger partial charge in [-0.15, -0.1) is 11.3 Å². The third-order valence-electron chi connectivity index (χ3n) is 3.11. The Kier molecular flexibility index (Phi) is 3.94. The molecule has 3 rings (SSSR count). The Labute approximate surface area is 129 Å². The lowest BCUT2D eigenvalue weighted by Crippen LogP contribution is -2.14. The number of fused-ring (bicyclic) bond motifs is 1. The van der Waals surface area contributed by atoms with E-state index >= 15 is 0 Å². The first kappa shape index (κ1) is 14.1. The van der Waals surface area contributed by atoms with Gasteiger partial charge >= 0.3 is 5.97 Å². The van der Waals surface area contributed by atoms with Crippen LogP contribution < -0.4 is 5.32 Å². The van der Waals surface area contributed by atoms with Crippen LogP contribution in [0.2, 0.25) is 0 Å². The molecule has 0 aliphatic carbocycles. The fourth-order valence-corrected chi connectivity index (χ4v) is 4.39. The van der Waals surface area contributed by atoms with Crippen molar-refractivity contribution in [3.63, 3.8) is 0 Å². The number of hydrogen-bond donors (Lipinski definition) is 2. The molecule has 0 atom stereocenters. The predicted octanol–water partition coefficient (Wildman–Crippen LogP) is 2.88. The number of aryl methyl sites for hydroxylation is 1. The van der Waals surface area contributed by atoms with Crippen LogP contribution in [0, 0.1) is 0 Å². The number of hydrogen-bond acceptors (Lipinski definition) is 5. The maximum atomic E-state index is 12.3. The predicted molar refractivity (Wildman–Crippen MR) is 83.3 cm³/mol. The van der Waals surface area contributed by atoms with E-state index in [1.807, 2.05) is 17.8 Å². The van der Waals surface area contributed by atoms with Crippen LogP contribution in [0.3, 0.4) is 0 Å². The summed E-state index contributed by atoms with van der Waals surface area (Å²) in [6.45, 7) is 0. The van der Waals surface area contributed by atoms with Crippen molar-refractivity contribution in [3.05, 3.63) is 45.4 Å². The highest BCUT2D eigenvalue weighted by atomic mass is 32.2. The second-order valence-corrected chi connectivity index (χ2v) is 6.76. The normalized spacial score (nSPS) is 13.5. The Bertz CT molecular complexity index is 688. The number of anilines is 1. The van der Waals surface area contributed by atoms with Gasteiger partial charge in [-0.3, -0.25) is 4.79 Å². The van der Waals surface area contributed by atoms with Crippen LogP contribution in [0.4, 0.5) is 5.69 Å². The van der Waals surface area contributed by atoms with Gasteiger partial charge in [0.1, 0.15) is 0 Å². The van der Waals surface area contributed by atoms with Crippen LogP contribution in [-0.2, 0) is 12.2 Å². The van der Waals surface area contributed by atoms with Gasteiger partial charge in [0.2, 0.25) is 0 Å². The first-order chi connectivity index (χ1) is 10.1. The number of carbonyl (C=O) groups is 2. The van der Waals surface area contributed by atoms with Crippen LogP contribution in [0.1, 0.15) is 30.6 Å². The lowest BCUT2D eigenvalue weighted by Gasteiger charge is -2.08. The third-order valence-corrected chi connectivity index (χ3v) is 5.35. The van der Waals surface area contributed by atoms with Gasteiger partial charge in [0.25, 0.3) is 5.91 Å². The maximum absolute atomic E-state index is 12.3. The van der Waals surface area contributed by atoms with Gasteiger partial charge in [0.05, 0.1) is 10.6 Å². The lowest BCUT2D eigenvalue weighted by atomic mass is 10.2. The number of rotatable bonds is 3. The third kappa shape index (κ3) is 2.93. The van der Waals surface area contributed by atoms with E-state index in [2.05, 4.69) is 10.3 Å². The highest BCUT2D eigenvalue weighted by molar-refractivity contribution is 7.98. The number of carbonyl (C=O) groups excluding carboxylic acids is 1. The smallest absolute Gasteiger partial charge is 0.356 e. The molecule has 108 valence electrons. The number of aromatic carboxylic acids is 1. The number of nitrogens with zero attached hydrogens (tertiary/aromatic N) is 1. The number of carboxylic acid groups (broad SMARTS) is 1. The van der Waals surface area contributed by atoms with Crippen molar-refractivity contribution in [2.45, 2.75) is 12.2 Å². The van der Waals surface area contributed by atoms with E-state index < -0.39 is 5.97 Å². The second kappa shape index (κ2) is 5.87. The summed E-state index contributed by atoms with van der Waals surface area (Å²) in [5.74, 6) is 0.579. The van der Waals surface area contributed by atoms with E-state index in [4.69, 9.17) is 5.11 Å². The van der Waals surface area contributed by atoms with Crippen molar-refractivity contribution in [2.24, 2.45) is 0 Å². The first-order valence-electron chi connectivity index (χ1n) is 6.34. The Morgan fingerprint density at radius 2 is 2.24 bits per heavy atom. The zero-order valence-electron chi connectivity index (χ0n) is 11.0. The van der Waals surface area contributed by atoms with E-state index in [1.54, 1.807) is 6.07 Å². The molecule has 2 aromatic heterocycles. The van der Waals surface area contributed by atoms with Crippen molar-refractivity contribution < 1.29 is 14.7 Å². The van der Waals surface area contributed by atoms with Gasteiger partial charge in [-0.1, -0.05) is 0 Å². The molecule has 2 aromatic rings. The number of thioether (sulfide) groups is 1. The van der Waals surface area contributed by atoms with Gasteiger partial charge < -0.3 is 10.4 Å². The minimum absolute atomic E-state index is 0.150. The highest BCUT2D eigenvalue weighted by Gasteiger charge is 2.19. The van der Waals surface area contributed by atoms with Gasteiger partial charge in [-0.2, -0.15) is 11.8 Å². The number of thiophene rings is 1. The number of nitrogens with one attached hydrogen (secondary N) is 1. The van der Waals surface area contributed by atoms with Crippen molar-refractivity contribution in [1.29, 1.82) is 0 Å². The first-order valence-corrected chi connectivity index (χ1v) is 8.31. The minimum atomic E-state index is -1.16. The number of carboxylic acids is 1. The Hall–Kier alpha value is -1.86.